The van der Waals surface area contributed by atoms with E-state index in [0.717, 1.165) is 43.2 Å². The van der Waals surface area contributed by atoms with E-state index in [1.165, 1.54) is 0 Å². The molecule has 2 N–H and O–H groups in total. The molecule has 1 amide bonds. The number of benzene rings is 1. The highest BCUT2D eigenvalue weighted by atomic mass is 16.4. The second-order valence-corrected chi connectivity index (χ2v) is 7.75. The molecule has 6 nitrogen and oxygen atoms in total. The Bertz CT molecular complexity index is 892. The lowest BCUT2D eigenvalue weighted by Gasteiger charge is -2.31. The van der Waals surface area contributed by atoms with Gasteiger partial charge in [-0.15, -0.1) is 0 Å². The number of piperidine rings is 1. The molecule has 148 valence electrons. The van der Waals surface area contributed by atoms with Crippen molar-refractivity contribution in [2.75, 3.05) is 23.3 Å². The molecule has 0 unspecified atom stereocenters. The molecule has 0 aliphatic carbocycles. The molecule has 1 aromatic heterocycles. The molecule has 1 aromatic carbocycles. The fourth-order valence-electron chi connectivity index (χ4n) is 3.62. The van der Waals surface area contributed by atoms with Crippen molar-refractivity contribution in [2.45, 2.75) is 40.5 Å². The fraction of sp³-hybridized carbons (Fsp3) is 0.409. The number of hydrogen-bond donors (Lipinski definition) is 2. The Hall–Kier alpha value is -2.89. The Kier molecular flexibility index (Phi) is 5.68. The van der Waals surface area contributed by atoms with Gasteiger partial charge in [0.2, 0.25) is 0 Å². The minimum absolute atomic E-state index is 0.212. The van der Waals surface area contributed by atoms with Gasteiger partial charge in [0.15, 0.2) is 0 Å². The van der Waals surface area contributed by atoms with Gasteiger partial charge in [-0.3, -0.25) is 4.79 Å². The quantitative estimate of drug-likeness (QED) is 0.830. The van der Waals surface area contributed by atoms with E-state index in [2.05, 4.69) is 22.1 Å². The molecule has 2 aromatic rings. The number of nitrogens with zero attached hydrogens (tertiary/aromatic N) is 2. The van der Waals surface area contributed by atoms with Crippen molar-refractivity contribution in [1.29, 1.82) is 0 Å². The summed E-state index contributed by atoms with van der Waals surface area (Å²) in [5.74, 6) is 0.297. The maximum Gasteiger partial charge on any atom is 0.335 e. The minimum atomic E-state index is -0.981. The number of hydrogen-bond acceptors (Lipinski definition) is 4. The van der Waals surface area contributed by atoms with Crippen molar-refractivity contribution in [2.24, 2.45) is 5.92 Å². The van der Waals surface area contributed by atoms with Crippen molar-refractivity contribution in [1.82, 2.24) is 4.98 Å². The highest BCUT2D eigenvalue weighted by Gasteiger charge is 2.20. The molecular weight excluding hydrogens is 354 g/mol. The first kappa shape index (κ1) is 19.9. The van der Waals surface area contributed by atoms with E-state index in [9.17, 15) is 14.7 Å². The third-order valence-electron chi connectivity index (χ3n) is 5.42. The molecule has 1 aliphatic rings. The molecule has 6 heteroatoms. The molecule has 0 spiro atoms. The van der Waals surface area contributed by atoms with Crippen LogP contribution in [0.15, 0.2) is 24.3 Å². The molecule has 1 saturated heterocycles. The van der Waals surface area contributed by atoms with Gasteiger partial charge in [-0.05, 0) is 74.4 Å². The van der Waals surface area contributed by atoms with E-state index >= 15 is 0 Å². The number of aromatic nitrogens is 1. The number of aromatic carboxylic acids is 1. The van der Waals surface area contributed by atoms with E-state index in [1.54, 1.807) is 26.0 Å². The number of aryl methyl sites for hydroxylation is 3. The number of carboxylic acid groups (broad SMARTS) is 1. The predicted octanol–water partition coefficient (Wildman–Crippen LogP) is 4.19. The van der Waals surface area contributed by atoms with Crippen molar-refractivity contribution >= 4 is 23.4 Å². The molecule has 0 saturated carbocycles. The zero-order valence-corrected chi connectivity index (χ0v) is 16.9. The number of rotatable bonds is 4. The molecule has 0 bridgehead atoms. The van der Waals surface area contributed by atoms with Gasteiger partial charge < -0.3 is 15.3 Å². The Labute approximate surface area is 165 Å². The number of carbonyl (C=O) groups excluding carboxylic acids is 1. The van der Waals surface area contributed by atoms with Crippen molar-refractivity contribution in [3.8, 4) is 0 Å². The SMILES string of the molecule is Cc1ccc(N2CCC(C)CC2)nc1C(=O)Nc1c(C)cc(C(=O)O)cc1C. The number of anilines is 2. The molecule has 3 rings (SSSR count). The molecule has 1 aliphatic heterocycles. The monoisotopic (exact) mass is 381 g/mol. The van der Waals surface area contributed by atoms with Crippen molar-refractivity contribution in [3.63, 3.8) is 0 Å². The molecule has 2 heterocycles. The lowest BCUT2D eigenvalue weighted by Crippen LogP contribution is -2.33. The first-order chi connectivity index (χ1) is 13.3. The number of carboxylic acids is 1. The van der Waals surface area contributed by atoms with Gasteiger partial charge in [-0.1, -0.05) is 13.0 Å². The highest BCUT2D eigenvalue weighted by Crippen LogP contribution is 2.25. The summed E-state index contributed by atoms with van der Waals surface area (Å²) in [5, 5.41) is 12.1. The summed E-state index contributed by atoms with van der Waals surface area (Å²) >= 11 is 0. The van der Waals surface area contributed by atoms with E-state index < -0.39 is 5.97 Å². The zero-order chi connectivity index (χ0) is 20.4. The van der Waals surface area contributed by atoms with Gasteiger partial charge >= 0.3 is 5.97 Å². The summed E-state index contributed by atoms with van der Waals surface area (Å²) < 4.78 is 0. The second-order valence-electron chi connectivity index (χ2n) is 7.75. The van der Waals surface area contributed by atoms with Crippen LogP contribution in [0.5, 0.6) is 0 Å². The average molecular weight is 381 g/mol. The number of amides is 1. The molecule has 1 fully saturated rings. The zero-order valence-electron chi connectivity index (χ0n) is 16.9. The van der Waals surface area contributed by atoms with Crippen LogP contribution in [0.1, 0.15) is 57.3 Å². The van der Waals surface area contributed by atoms with Crippen LogP contribution in [0.3, 0.4) is 0 Å². The molecule has 0 radical (unpaired) electrons. The van der Waals surface area contributed by atoms with Gasteiger partial charge in [0.25, 0.3) is 5.91 Å². The third-order valence-corrected chi connectivity index (χ3v) is 5.42. The standard InChI is InChI=1S/C22H27N3O3/c1-13-7-9-25(10-8-13)18-6-5-14(2)20(23-18)21(26)24-19-15(3)11-17(22(27)28)12-16(19)4/h5-6,11-13H,7-10H2,1-4H3,(H,24,26)(H,27,28). The number of pyridine rings is 1. The van der Waals surface area contributed by atoms with E-state index in [0.29, 0.717) is 22.5 Å². The number of nitrogens with one attached hydrogen (secondary N) is 1. The topological polar surface area (TPSA) is 82.5 Å². The minimum Gasteiger partial charge on any atom is -0.478 e. The Balaban J connectivity index is 1.85. The fourth-order valence-corrected chi connectivity index (χ4v) is 3.62. The van der Waals surface area contributed by atoms with E-state index in [-0.39, 0.29) is 11.5 Å². The third kappa shape index (κ3) is 4.16. The van der Waals surface area contributed by atoms with Crippen LogP contribution in [-0.2, 0) is 0 Å². The molecule has 0 atom stereocenters. The first-order valence-corrected chi connectivity index (χ1v) is 9.64. The first-order valence-electron chi connectivity index (χ1n) is 9.64. The second kappa shape index (κ2) is 8.00. The molecule has 28 heavy (non-hydrogen) atoms. The van der Waals surface area contributed by atoms with Crippen LogP contribution in [0, 0.1) is 26.7 Å². The Morgan fingerprint density at radius 3 is 2.25 bits per heavy atom. The van der Waals surface area contributed by atoms with Gasteiger partial charge in [-0.2, -0.15) is 0 Å². The van der Waals surface area contributed by atoms with Crippen LogP contribution in [-0.4, -0.2) is 35.1 Å². The van der Waals surface area contributed by atoms with Crippen molar-refractivity contribution in [3.05, 3.63) is 52.2 Å². The highest BCUT2D eigenvalue weighted by molar-refractivity contribution is 6.05. The smallest absolute Gasteiger partial charge is 0.335 e. The van der Waals surface area contributed by atoms with Gasteiger partial charge in [0.05, 0.1) is 5.56 Å². The summed E-state index contributed by atoms with van der Waals surface area (Å²) in [6.07, 6.45) is 2.26. The predicted molar refractivity (Wildman–Crippen MR) is 110 cm³/mol. The lowest BCUT2D eigenvalue weighted by atomic mass is 9.99. The van der Waals surface area contributed by atoms with E-state index in [1.807, 2.05) is 19.1 Å². The summed E-state index contributed by atoms with van der Waals surface area (Å²) in [6.45, 7) is 9.62. The largest absolute Gasteiger partial charge is 0.478 e. The maximum absolute atomic E-state index is 12.9. The van der Waals surface area contributed by atoms with Crippen molar-refractivity contribution < 1.29 is 14.7 Å². The lowest BCUT2D eigenvalue weighted by molar-refractivity contribution is 0.0696. The summed E-state index contributed by atoms with van der Waals surface area (Å²) in [4.78, 5) is 31.0. The number of carbonyl (C=O) groups is 2. The van der Waals surface area contributed by atoms with Gasteiger partial charge in [-0.25, -0.2) is 9.78 Å². The summed E-state index contributed by atoms with van der Waals surface area (Å²) in [6, 6.07) is 7.04. The summed E-state index contributed by atoms with van der Waals surface area (Å²) in [7, 11) is 0. The normalized spacial score (nSPS) is 14.8. The van der Waals surface area contributed by atoms with Gasteiger partial charge in [0.1, 0.15) is 11.5 Å². The van der Waals surface area contributed by atoms with Crippen LogP contribution >= 0.6 is 0 Å². The Morgan fingerprint density at radius 1 is 1.07 bits per heavy atom. The van der Waals surface area contributed by atoms with Gasteiger partial charge in [0, 0.05) is 18.8 Å². The average Bonchev–Trinajstić information content (AvgIpc) is 2.65. The summed E-state index contributed by atoms with van der Waals surface area (Å²) in [5.41, 5.74) is 3.48. The van der Waals surface area contributed by atoms with Crippen LogP contribution in [0.2, 0.25) is 0 Å². The van der Waals surface area contributed by atoms with Crippen LogP contribution < -0.4 is 10.2 Å². The van der Waals surface area contributed by atoms with Crippen LogP contribution in [0.4, 0.5) is 11.5 Å². The van der Waals surface area contributed by atoms with Crippen LogP contribution in [0.25, 0.3) is 0 Å². The Morgan fingerprint density at radius 2 is 1.68 bits per heavy atom. The molecular formula is C22H27N3O3. The maximum atomic E-state index is 12.9. The van der Waals surface area contributed by atoms with E-state index in [4.69, 9.17) is 0 Å².